The van der Waals surface area contributed by atoms with Crippen LogP contribution in [0.2, 0.25) is 5.02 Å². The average molecular weight is 287 g/mol. The first kappa shape index (κ1) is 12.4. The fourth-order valence-corrected chi connectivity index (χ4v) is 4.54. The van der Waals surface area contributed by atoms with Crippen LogP contribution < -0.4 is 10.0 Å². The van der Waals surface area contributed by atoms with Gasteiger partial charge in [0.2, 0.25) is 10.0 Å². The molecule has 2 atom stereocenters. The average Bonchev–Trinajstić information content (AvgIpc) is 2.74. The van der Waals surface area contributed by atoms with Crippen molar-refractivity contribution in [3.05, 3.63) is 28.8 Å². The number of hydrogen-bond donors (Lipinski definition) is 2. The van der Waals surface area contributed by atoms with Crippen molar-refractivity contribution in [2.24, 2.45) is 11.8 Å². The molecule has 2 fully saturated rings. The molecule has 1 aliphatic heterocycles. The van der Waals surface area contributed by atoms with Gasteiger partial charge in [0.1, 0.15) is 0 Å². The van der Waals surface area contributed by atoms with Crippen LogP contribution in [0.25, 0.3) is 0 Å². The lowest BCUT2D eigenvalue weighted by Crippen LogP contribution is -2.32. The van der Waals surface area contributed by atoms with E-state index in [0.717, 1.165) is 13.1 Å². The molecule has 6 heteroatoms. The second kappa shape index (κ2) is 4.20. The zero-order chi connectivity index (χ0) is 12.9. The van der Waals surface area contributed by atoms with Gasteiger partial charge in [0.05, 0.1) is 4.90 Å². The molecule has 1 heterocycles. The normalized spacial score (nSPS) is 30.2. The number of benzene rings is 1. The van der Waals surface area contributed by atoms with Crippen LogP contribution in [0, 0.1) is 18.8 Å². The molecule has 0 bridgehead atoms. The van der Waals surface area contributed by atoms with E-state index in [1.807, 2.05) is 0 Å². The first-order valence-electron chi connectivity index (χ1n) is 5.98. The van der Waals surface area contributed by atoms with E-state index in [2.05, 4.69) is 10.0 Å². The van der Waals surface area contributed by atoms with Crippen molar-refractivity contribution in [2.45, 2.75) is 17.9 Å². The highest BCUT2D eigenvalue weighted by molar-refractivity contribution is 7.89. The molecule has 2 aliphatic rings. The number of aryl methyl sites for hydroxylation is 1. The van der Waals surface area contributed by atoms with E-state index in [1.54, 1.807) is 25.1 Å². The Labute approximate surface area is 112 Å². The van der Waals surface area contributed by atoms with Gasteiger partial charge in [0.25, 0.3) is 0 Å². The van der Waals surface area contributed by atoms with Crippen molar-refractivity contribution in [3.63, 3.8) is 0 Å². The Morgan fingerprint density at radius 3 is 2.61 bits per heavy atom. The number of halogens is 1. The zero-order valence-electron chi connectivity index (χ0n) is 9.98. The van der Waals surface area contributed by atoms with E-state index in [-0.39, 0.29) is 6.04 Å². The van der Waals surface area contributed by atoms with Crippen LogP contribution in [0.4, 0.5) is 0 Å². The number of fused-ring (bicyclic) bond motifs is 1. The predicted octanol–water partition coefficient (Wildman–Crippen LogP) is 1.14. The van der Waals surface area contributed by atoms with Crippen LogP contribution in [0.3, 0.4) is 0 Å². The molecule has 1 saturated heterocycles. The molecule has 0 radical (unpaired) electrons. The van der Waals surface area contributed by atoms with Gasteiger partial charge in [-0.25, -0.2) is 13.1 Å². The summed E-state index contributed by atoms with van der Waals surface area (Å²) in [6.45, 7) is 3.59. The van der Waals surface area contributed by atoms with Gasteiger partial charge in [-0.3, -0.25) is 0 Å². The molecule has 98 valence electrons. The van der Waals surface area contributed by atoms with Gasteiger partial charge in [0.15, 0.2) is 0 Å². The molecule has 2 N–H and O–H groups in total. The third-order valence-corrected chi connectivity index (χ3v) is 5.66. The van der Waals surface area contributed by atoms with Crippen molar-refractivity contribution >= 4 is 21.6 Å². The molecule has 1 aliphatic carbocycles. The van der Waals surface area contributed by atoms with E-state index in [4.69, 9.17) is 11.6 Å². The fraction of sp³-hybridized carbons (Fsp3) is 0.500. The minimum Gasteiger partial charge on any atom is -0.316 e. The largest absolute Gasteiger partial charge is 0.316 e. The maximum absolute atomic E-state index is 12.3. The fourth-order valence-electron chi connectivity index (χ4n) is 2.75. The second-order valence-corrected chi connectivity index (χ2v) is 7.16. The van der Waals surface area contributed by atoms with Gasteiger partial charge in [-0.15, -0.1) is 0 Å². The van der Waals surface area contributed by atoms with E-state index in [0.29, 0.717) is 27.3 Å². The highest BCUT2D eigenvalue weighted by Crippen LogP contribution is 2.42. The Morgan fingerprint density at radius 1 is 1.33 bits per heavy atom. The number of nitrogens with one attached hydrogen (secondary N) is 2. The highest BCUT2D eigenvalue weighted by Gasteiger charge is 2.54. The molecule has 4 nitrogen and oxygen atoms in total. The van der Waals surface area contributed by atoms with Crippen molar-refractivity contribution < 1.29 is 8.42 Å². The summed E-state index contributed by atoms with van der Waals surface area (Å²) in [5.41, 5.74) is 0.680. The molecule has 1 aromatic carbocycles. The molecular formula is C12H15ClN2O2S. The van der Waals surface area contributed by atoms with Gasteiger partial charge in [-0.1, -0.05) is 11.6 Å². The van der Waals surface area contributed by atoms with E-state index in [9.17, 15) is 8.42 Å². The standard InChI is InChI=1S/C12H15ClN2O2S/c1-7-4-8(13)2-3-11(7)18(16,17)15-12-9-5-14-6-10(9)12/h2-4,9-10,12,14-15H,5-6H2,1H3. The molecule has 18 heavy (non-hydrogen) atoms. The predicted molar refractivity (Wildman–Crippen MR) is 70.1 cm³/mol. The van der Waals surface area contributed by atoms with Crippen LogP contribution >= 0.6 is 11.6 Å². The smallest absolute Gasteiger partial charge is 0.241 e. The highest BCUT2D eigenvalue weighted by atomic mass is 35.5. The van der Waals surface area contributed by atoms with Gasteiger partial charge in [0, 0.05) is 11.1 Å². The third-order valence-electron chi connectivity index (χ3n) is 3.81. The maximum Gasteiger partial charge on any atom is 0.241 e. The number of rotatable bonds is 3. The van der Waals surface area contributed by atoms with Crippen molar-refractivity contribution in [1.82, 2.24) is 10.0 Å². The summed E-state index contributed by atoms with van der Waals surface area (Å²) in [7, 11) is -3.42. The molecule has 2 unspecified atom stereocenters. The van der Waals surface area contributed by atoms with E-state index in [1.165, 1.54) is 0 Å². The Balaban J connectivity index is 1.82. The molecule has 1 aromatic rings. The SMILES string of the molecule is Cc1cc(Cl)ccc1S(=O)(=O)NC1C2CNCC21. The lowest BCUT2D eigenvalue weighted by molar-refractivity contribution is 0.564. The molecule has 1 saturated carbocycles. The summed E-state index contributed by atoms with van der Waals surface area (Å²) in [6.07, 6.45) is 0. The topological polar surface area (TPSA) is 58.2 Å². The van der Waals surface area contributed by atoms with Gasteiger partial charge >= 0.3 is 0 Å². The molecule has 3 rings (SSSR count). The second-order valence-electron chi connectivity index (χ2n) is 5.04. The number of hydrogen-bond acceptors (Lipinski definition) is 3. The van der Waals surface area contributed by atoms with Gasteiger partial charge in [-0.05, 0) is 55.6 Å². The van der Waals surface area contributed by atoms with Crippen LogP contribution in [0.5, 0.6) is 0 Å². The zero-order valence-corrected chi connectivity index (χ0v) is 11.6. The molecule has 0 spiro atoms. The van der Waals surface area contributed by atoms with Crippen LogP contribution in [-0.4, -0.2) is 27.5 Å². The van der Waals surface area contributed by atoms with E-state index >= 15 is 0 Å². The van der Waals surface area contributed by atoms with E-state index < -0.39 is 10.0 Å². The first-order chi connectivity index (χ1) is 8.49. The minimum absolute atomic E-state index is 0.103. The van der Waals surface area contributed by atoms with Crippen LogP contribution in [0.1, 0.15) is 5.56 Å². The Hall–Kier alpha value is -0.620. The van der Waals surface area contributed by atoms with Crippen LogP contribution in [-0.2, 0) is 10.0 Å². The summed E-state index contributed by atoms with van der Waals surface area (Å²) in [4.78, 5) is 0.324. The Bertz CT molecular complexity index is 578. The summed E-state index contributed by atoms with van der Waals surface area (Å²) < 4.78 is 27.3. The van der Waals surface area contributed by atoms with Crippen molar-refractivity contribution in [3.8, 4) is 0 Å². The summed E-state index contributed by atoms with van der Waals surface area (Å²) in [5.74, 6) is 0.930. The van der Waals surface area contributed by atoms with Gasteiger partial charge < -0.3 is 5.32 Å². The lowest BCUT2D eigenvalue weighted by Gasteiger charge is -2.11. The summed E-state index contributed by atoms with van der Waals surface area (Å²) >= 11 is 5.84. The van der Waals surface area contributed by atoms with Crippen LogP contribution in [0.15, 0.2) is 23.1 Å². The Kier molecular flexibility index (Phi) is 2.90. The quantitative estimate of drug-likeness (QED) is 0.876. The Morgan fingerprint density at radius 2 is 2.00 bits per heavy atom. The number of sulfonamides is 1. The third kappa shape index (κ3) is 2.05. The molecule has 0 aromatic heterocycles. The van der Waals surface area contributed by atoms with Gasteiger partial charge in [-0.2, -0.15) is 0 Å². The molecule has 0 amide bonds. The lowest BCUT2D eigenvalue weighted by atomic mass is 10.2. The monoisotopic (exact) mass is 286 g/mol. The minimum atomic E-state index is -3.42. The summed E-state index contributed by atoms with van der Waals surface area (Å²) in [6, 6.07) is 4.95. The first-order valence-corrected chi connectivity index (χ1v) is 7.84. The summed E-state index contributed by atoms with van der Waals surface area (Å²) in [5, 5.41) is 3.80. The molecular weight excluding hydrogens is 272 g/mol. The van der Waals surface area contributed by atoms with Crippen molar-refractivity contribution in [1.29, 1.82) is 0 Å². The maximum atomic E-state index is 12.3. The number of piperidine rings is 1. The van der Waals surface area contributed by atoms with Crippen molar-refractivity contribution in [2.75, 3.05) is 13.1 Å².